The predicted octanol–water partition coefficient (Wildman–Crippen LogP) is 2.26. The van der Waals surface area contributed by atoms with Crippen LogP contribution in [0.2, 0.25) is 0 Å². The Hall–Kier alpha value is -1.30. The molecule has 1 aromatic rings. The largest absolute Gasteiger partial charge is 0.448 e. The molecule has 0 aliphatic carbocycles. The summed E-state index contributed by atoms with van der Waals surface area (Å²) in [5.74, 6) is 1.61. The van der Waals surface area contributed by atoms with Crippen LogP contribution < -0.4 is 9.47 Å². The highest BCUT2D eigenvalue weighted by molar-refractivity contribution is 5.44. The molecule has 110 valence electrons. The zero-order valence-corrected chi connectivity index (χ0v) is 12.6. The van der Waals surface area contributed by atoms with E-state index >= 15 is 0 Å². The second-order valence-electron chi connectivity index (χ2n) is 3.89. The van der Waals surface area contributed by atoms with Crippen LogP contribution in [0, 0.1) is 6.92 Å². The highest BCUT2D eigenvalue weighted by Crippen LogP contribution is 2.35. The number of hydrogen-bond donors (Lipinski definition) is 0. The van der Waals surface area contributed by atoms with Gasteiger partial charge in [0.1, 0.15) is 6.61 Å². The van der Waals surface area contributed by atoms with Crippen LogP contribution in [0.25, 0.3) is 0 Å². The average Bonchev–Trinajstić information content (AvgIpc) is 2.73. The van der Waals surface area contributed by atoms with Gasteiger partial charge in [0.05, 0.1) is 0 Å². The van der Waals surface area contributed by atoms with Gasteiger partial charge in [0.2, 0.25) is 0 Å². The average molecular weight is 272 g/mol. The van der Waals surface area contributed by atoms with E-state index in [9.17, 15) is 0 Å². The molecule has 1 atom stereocenters. The van der Waals surface area contributed by atoms with Crippen molar-refractivity contribution in [3.63, 3.8) is 0 Å². The molecule has 0 N–H and O–H groups in total. The Labute approximate surface area is 115 Å². The lowest BCUT2D eigenvalue weighted by Crippen LogP contribution is -2.23. The molecule has 0 spiro atoms. The third kappa shape index (κ3) is 7.00. The summed E-state index contributed by atoms with van der Waals surface area (Å²) in [6.07, 6.45) is -0.290. The van der Waals surface area contributed by atoms with Crippen molar-refractivity contribution in [3.8, 4) is 11.5 Å². The first kappa shape index (κ1) is 17.7. The molecule has 0 fully saturated rings. The molecule has 5 nitrogen and oxygen atoms in total. The fraction of sp³-hybridized carbons (Fsp3) is 0.571. The molecule has 1 aliphatic heterocycles. The number of hydrogen-bond acceptors (Lipinski definition) is 5. The molecule has 0 bridgehead atoms. The van der Waals surface area contributed by atoms with Crippen LogP contribution in [-0.2, 0) is 14.2 Å². The van der Waals surface area contributed by atoms with Crippen LogP contribution in [0.15, 0.2) is 18.2 Å². The van der Waals surface area contributed by atoms with Crippen LogP contribution in [0.4, 0.5) is 0 Å². The van der Waals surface area contributed by atoms with Gasteiger partial charge in [-0.25, -0.2) is 0 Å². The quantitative estimate of drug-likeness (QED) is 0.826. The van der Waals surface area contributed by atoms with Gasteiger partial charge in [-0.2, -0.15) is 0 Å². The van der Waals surface area contributed by atoms with Crippen molar-refractivity contribution in [3.05, 3.63) is 23.8 Å². The minimum Gasteiger partial charge on any atom is -0.448 e. The molecule has 5 heteroatoms. The van der Waals surface area contributed by atoms with Gasteiger partial charge in [-0.3, -0.25) is 0 Å². The third-order valence-electron chi connectivity index (χ3n) is 1.92. The Morgan fingerprint density at radius 1 is 0.947 bits per heavy atom. The van der Waals surface area contributed by atoms with E-state index in [0.717, 1.165) is 11.5 Å². The van der Waals surface area contributed by atoms with E-state index in [4.69, 9.17) is 14.2 Å². The van der Waals surface area contributed by atoms with Crippen molar-refractivity contribution in [2.75, 3.05) is 42.2 Å². The summed E-state index contributed by atoms with van der Waals surface area (Å²) in [7, 11) is 8.13. The fourth-order valence-electron chi connectivity index (χ4n) is 1.32. The maximum absolute atomic E-state index is 5.48. The molecule has 2 rings (SSSR count). The van der Waals surface area contributed by atoms with Crippen molar-refractivity contribution >= 4 is 0 Å². The Kier molecular flexibility index (Phi) is 9.88. The summed E-state index contributed by atoms with van der Waals surface area (Å²) < 4.78 is 24.4. The van der Waals surface area contributed by atoms with Crippen LogP contribution in [0.3, 0.4) is 0 Å². The number of benzene rings is 1. The third-order valence-corrected chi connectivity index (χ3v) is 1.92. The molecule has 1 aliphatic rings. The number of fused-ring (bicyclic) bond motifs is 1. The van der Waals surface area contributed by atoms with Crippen molar-refractivity contribution in [2.24, 2.45) is 0 Å². The highest BCUT2D eigenvalue weighted by Gasteiger charge is 2.23. The first-order valence-corrected chi connectivity index (χ1v) is 5.86. The fourth-order valence-corrected chi connectivity index (χ4v) is 1.32. The molecule has 1 aromatic carbocycles. The van der Waals surface area contributed by atoms with Crippen LogP contribution in [0.5, 0.6) is 11.5 Å². The van der Waals surface area contributed by atoms with Gasteiger partial charge in [-0.05, 0) is 24.6 Å². The summed E-state index contributed by atoms with van der Waals surface area (Å²) in [6, 6.07) is 5.88. The van der Waals surface area contributed by atoms with Gasteiger partial charge < -0.3 is 23.7 Å². The van der Waals surface area contributed by atoms with E-state index in [1.165, 1.54) is 5.56 Å². The van der Waals surface area contributed by atoms with Crippen LogP contribution >= 0.6 is 0 Å². The smallest absolute Gasteiger partial charge is 0.264 e. The van der Waals surface area contributed by atoms with E-state index in [1.807, 2.05) is 25.1 Å². The number of ether oxygens (including phenoxy) is 5. The minimum atomic E-state index is -0.290. The number of aryl methyl sites for hydroxylation is 1. The predicted molar refractivity (Wildman–Crippen MR) is 74.0 cm³/mol. The normalized spacial score (nSPS) is 14.9. The Balaban J connectivity index is 0.000000465. The summed E-state index contributed by atoms with van der Waals surface area (Å²) >= 11 is 0. The van der Waals surface area contributed by atoms with E-state index in [-0.39, 0.29) is 6.29 Å². The summed E-state index contributed by atoms with van der Waals surface area (Å²) in [5.41, 5.74) is 1.17. The molecule has 1 unspecified atom stereocenters. The van der Waals surface area contributed by atoms with Gasteiger partial charge in [-0.1, -0.05) is 6.07 Å². The first-order chi connectivity index (χ1) is 9.12. The standard InChI is InChI=1S/C10H12O3.2C2H6O/c1-7-3-4-8-9(5-7)13-10(12-8)6-11-2;2*1-3-2/h3-5,10H,6H2,1-2H3;2*1-2H3. The van der Waals surface area contributed by atoms with Crippen molar-refractivity contribution < 1.29 is 23.7 Å². The van der Waals surface area contributed by atoms with Crippen molar-refractivity contribution in [2.45, 2.75) is 13.2 Å². The van der Waals surface area contributed by atoms with Crippen molar-refractivity contribution in [1.29, 1.82) is 0 Å². The van der Waals surface area contributed by atoms with Gasteiger partial charge in [0, 0.05) is 35.5 Å². The molecule has 1 heterocycles. The molecular weight excluding hydrogens is 248 g/mol. The zero-order chi connectivity index (χ0) is 14.7. The number of methoxy groups -OCH3 is 3. The second-order valence-corrected chi connectivity index (χ2v) is 3.89. The minimum absolute atomic E-state index is 0.290. The molecule has 19 heavy (non-hydrogen) atoms. The van der Waals surface area contributed by atoms with E-state index in [2.05, 4.69) is 9.47 Å². The highest BCUT2D eigenvalue weighted by atomic mass is 16.7. The van der Waals surface area contributed by atoms with Gasteiger partial charge in [-0.15, -0.1) is 0 Å². The summed E-state index contributed by atoms with van der Waals surface area (Å²) in [4.78, 5) is 0. The van der Waals surface area contributed by atoms with E-state index < -0.39 is 0 Å². The first-order valence-electron chi connectivity index (χ1n) is 5.86. The Morgan fingerprint density at radius 3 is 2.00 bits per heavy atom. The topological polar surface area (TPSA) is 46.2 Å². The van der Waals surface area contributed by atoms with Crippen molar-refractivity contribution in [1.82, 2.24) is 0 Å². The number of rotatable bonds is 2. The molecule has 0 aromatic heterocycles. The maximum atomic E-state index is 5.48. The van der Waals surface area contributed by atoms with Crippen LogP contribution in [0.1, 0.15) is 5.56 Å². The lowest BCUT2D eigenvalue weighted by atomic mass is 10.2. The van der Waals surface area contributed by atoms with Gasteiger partial charge in [0.15, 0.2) is 11.5 Å². The molecular formula is C14H24O5. The summed E-state index contributed by atoms with van der Waals surface area (Å²) in [6.45, 7) is 2.47. The van der Waals surface area contributed by atoms with Gasteiger partial charge in [0.25, 0.3) is 6.29 Å². The van der Waals surface area contributed by atoms with Gasteiger partial charge >= 0.3 is 0 Å². The molecule has 0 saturated heterocycles. The SMILES string of the molecule is COC.COC.COCC1Oc2ccc(C)cc2O1. The lowest BCUT2D eigenvalue weighted by molar-refractivity contribution is -0.0173. The molecule has 0 amide bonds. The van der Waals surface area contributed by atoms with Crippen LogP contribution in [-0.4, -0.2) is 48.4 Å². The van der Waals surface area contributed by atoms with E-state index in [1.54, 1.807) is 35.5 Å². The summed E-state index contributed by atoms with van der Waals surface area (Å²) in [5, 5.41) is 0. The van der Waals surface area contributed by atoms with E-state index in [0.29, 0.717) is 6.61 Å². The Bertz CT molecular complexity index is 339. The molecule has 0 saturated carbocycles. The zero-order valence-electron chi connectivity index (χ0n) is 12.6. The maximum Gasteiger partial charge on any atom is 0.264 e. The lowest BCUT2D eigenvalue weighted by Gasteiger charge is -2.07. The Morgan fingerprint density at radius 2 is 1.47 bits per heavy atom. The monoisotopic (exact) mass is 272 g/mol. The molecule has 0 radical (unpaired) electrons. The second kappa shape index (κ2) is 10.6.